The Balaban J connectivity index is 2.46. The van der Waals surface area contributed by atoms with Crippen LogP contribution >= 0.6 is 0 Å². The molecule has 0 heterocycles. The van der Waals surface area contributed by atoms with Crippen molar-refractivity contribution in [3.63, 3.8) is 0 Å². The van der Waals surface area contributed by atoms with Gasteiger partial charge in [-0.2, -0.15) is 5.26 Å². The van der Waals surface area contributed by atoms with Crippen molar-refractivity contribution < 1.29 is 24.2 Å². The van der Waals surface area contributed by atoms with E-state index < -0.39 is 11.9 Å². The molecule has 0 aliphatic heterocycles. The maximum atomic E-state index is 11.8. The zero-order chi connectivity index (χ0) is 17.2. The number of hydrogen-bond acceptors (Lipinski definition) is 6. The predicted octanol–water partition coefficient (Wildman–Crippen LogP) is 2.35. The molecule has 0 radical (unpaired) electrons. The quantitative estimate of drug-likeness (QED) is 0.359. The minimum atomic E-state index is -0.758. The highest BCUT2D eigenvalue weighted by Crippen LogP contribution is 2.13. The van der Waals surface area contributed by atoms with E-state index in [1.54, 1.807) is 18.2 Å². The van der Waals surface area contributed by atoms with Gasteiger partial charge in [-0.25, -0.2) is 9.59 Å². The maximum Gasteiger partial charge on any atom is 0.348 e. The van der Waals surface area contributed by atoms with Gasteiger partial charge in [0.1, 0.15) is 17.4 Å². The van der Waals surface area contributed by atoms with Crippen LogP contribution < -0.4 is 0 Å². The highest BCUT2D eigenvalue weighted by Gasteiger charge is 2.11. The molecule has 1 N–H and O–H groups in total. The van der Waals surface area contributed by atoms with Crippen LogP contribution in [0.3, 0.4) is 0 Å². The number of benzene rings is 1. The predicted molar refractivity (Wildman–Crippen MR) is 83.0 cm³/mol. The van der Waals surface area contributed by atoms with Gasteiger partial charge in [-0.05, 0) is 30.7 Å². The zero-order valence-corrected chi connectivity index (χ0v) is 12.7. The number of phenolic OH excluding ortho intramolecular Hbond substituents is 1. The fourth-order valence-electron chi connectivity index (χ4n) is 1.46. The summed E-state index contributed by atoms with van der Waals surface area (Å²) in [4.78, 5) is 22.9. The number of nitriles is 1. The molecule has 6 heteroatoms. The molecule has 0 aromatic heterocycles. The Kier molecular flexibility index (Phi) is 7.08. The molecule has 0 bridgehead atoms. The number of phenols is 1. The first kappa shape index (κ1) is 18.0. The minimum Gasteiger partial charge on any atom is -0.508 e. The number of carbonyl (C=O) groups excluding carboxylic acids is 2. The van der Waals surface area contributed by atoms with E-state index in [4.69, 9.17) is 14.7 Å². The number of carbonyl (C=O) groups is 2. The van der Waals surface area contributed by atoms with Crippen molar-refractivity contribution in [1.82, 2.24) is 0 Å². The molecule has 0 aliphatic rings. The van der Waals surface area contributed by atoms with Crippen molar-refractivity contribution in [2.75, 3.05) is 13.2 Å². The number of hydrogen-bond donors (Lipinski definition) is 1. The van der Waals surface area contributed by atoms with Gasteiger partial charge in [-0.3, -0.25) is 0 Å². The first-order valence-electron chi connectivity index (χ1n) is 6.84. The molecule has 0 atom stereocenters. The Morgan fingerprint density at radius 1 is 1.22 bits per heavy atom. The smallest absolute Gasteiger partial charge is 0.348 e. The van der Waals surface area contributed by atoms with Gasteiger partial charge in [0.2, 0.25) is 0 Å². The molecule has 120 valence electrons. The van der Waals surface area contributed by atoms with E-state index in [2.05, 4.69) is 6.58 Å². The lowest BCUT2D eigenvalue weighted by atomic mass is 10.1. The van der Waals surface area contributed by atoms with Crippen molar-refractivity contribution in [2.24, 2.45) is 0 Å². The Morgan fingerprint density at radius 2 is 1.78 bits per heavy atom. The van der Waals surface area contributed by atoms with Crippen molar-refractivity contribution in [3.8, 4) is 11.8 Å². The topological polar surface area (TPSA) is 96.6 Å². The molecule has 1 rings (SSSR count). The van der Waals surface area contributed by atoms with Crippen LogP contribution in [0.4, 0.5) is 0 Å². The zero-order valence-electron chi connectivity index (χ0n) is 12.7. The van der Waals surface area contributed by atoms with Crippen LogP contribution in [0.15, 0.2) is 42.0 Å². The summed E-state index contributed by atoms with van der Waals surface area (Å²) in [5.74, 6) is -1.17. The SMILES string of the molecule is C=C(C)C(=O)OCCCOC(=O)C(C#N)=Cc1ccc(O)cc1. The number of aromatic hydroxyl groups is 1. The lowest BCUT2D eigenvalue weighted by Gasteiger charge is -2.05. The van der Waals surface area contributed by atoms with E-state index in [1.165, 1.54) is 25.1 Å². The van der Waals surface area contributed by atoms with Gasteiger partial charge in [0, 0.05) is 12.0 Å². The van der Waals surface area contributed by atoms with Gasteiger partial charge in [-0.15, -0.1) is 0 Å². The lowest BCUT2D eigenvalue weighted by Crippen LogP contribution is -2.12. The third kappa shape index (κ3) is 6.48. The fourth-order valence-corrected chi connectivity index (χ4v) is 1.46. The fraction of sp³-hybridized carbons (Fsp3) is 0.235. The van der Waals surface area contributed by atoms with Crippen LogP contribution in [-0.2, 0) is 19.1 Å². The van der Waals surface area contributed by atoms with Gasteiger partial charge in [0.25, 0.3) is 0 Å². The average molecular weight is 315 g/mol. The Morgan fingerprint density at radius 3 is 2.30 bits per heavy atom. The number of esters is 2. The summed E-state index contributed by atoms with van der Waals surface area (Å²) >= 11 is 0. The van der Waals surface area contributed by atoms with Crippen molar-refractivity contribution in [1.29, 1.82) is 5.26 Å². The summed E-state index contributed by atoms with van der Waals surface area (Å²) in [5.41, 5.74) is 0.729. The summed E-state index contributed by atoms with van der Waals surface area (Å²) in [6, 6.07) is 7.79. The van der Waals surface area contributed by atoms with E-state index in [0.29, 0.717) is 17.6 Å². The molecular weight excluding hydrogens is 298 g/mol. The minimum absolute atomic E-state index is 0.0247. The molecule has 0 fully saturated rings. The van der Waals surface area contributed by atoms with Crippen LogP contribution in [-0.4, -0.2) is 30.3 Å². The van der Waals surface area contributed by atoms with Gasteiger partial charge in [0.05, 0.1) is 13.2 Å². The van der Waals surface area contributed by atoms with E-state index in [9.17, 15) is 14.7 Å². The largest absolute Gasteiger partial charge is 0.508 e. The lowest BCUT2D eigenvalue weighted by molar-refractivity contribution is -0.141. The molecule has 0 amide bonds. The standard InChI is InChI=1S/C17H17NO5/c1-12(2)16(20)22-8-3-9-23-17(21)14(11-18)10-13-4-6-15(19)7-5-13/h4-7,10,19H,1,3,8-9H2,2H3. The molecule has 0 saturated heterocycles. The second kappa shape index (κ2) is 9.05. The summed E-state index contributed by atoms with van der Waals surface area (Å²) in [5, 5.41) is 18.2. The molecule has 0 unspecified atom stereocenters. The van der Waals surface area contributed by atoms with E-state index in [-0.39, 0.29) is 24.5 Å². The summed E-state index contributed by atoms with van der Waals surface area (Å²) in [6.07, 6.45) is 1.69. The second-order valence-electron chi connectivity index (χ2n) is 4.67. The third-order valence-corrected chi connectivity index (χ3v) is 2.65. The monoisotopic (exact) mass is 315 g/mol. The Labute approximate surface area is 134 Å². The molecule has 0 spiro atoms. The Bertz CT molecular complexity index is 653. The number of ether oxygens (including phenoxy) is 2. The normalized spacial score (nSPS) is 10.5. The van der Waals surface area contributed by atoms with E-state index in [1.807, 2.05) is 0 Å². The maximum absolute atomic E-state index is 11.8. The average Bonchev–Trinajstić information content (AvgIpc) is 2.53. The third-order valence-electron chi connectivity index (χ3n) is 2.65. The molecule has 1 aromatic rings. The highest BCUT2D eigenvalue weighted by atomic mass is 16.5. The first-order valence-corrected chi connectivity index (χ1v) is 6.84. The Hall–Kier alpha value is -3.07. The van der Waals surface area contributed by atoms with E-state index >= 15 is 0 Å². The number of nitrogens with zero attached hydrogens (tertiary/aromatic N) is 1. The van der Waals surface area contributed by atoms with Gasteiger partial charge in [0.15, 0.2) is 0 Å². The van der Waals surface area contributed by atoms with Gasteiger partial charge >= 0.3 is 11.9 Å². The summed E-state index contributed by atoms with van der Waals surface area (Å²) < 4.78 is 9.79. The summed E-state index contributed by atoms with van der Waals surface area (Å²) in [6.45, 7) is 5.10. The molecule has 6 nitrogen and oxygen atoms in total. The van der Waals surface area contributed by atoms with E-state index in [0.717, 1.165) is 0 Å². The van der Waals surface area contributed by atoms with Crippen molar-refractivity contribution in [2.45, 2.75) is 13.3 Å². The van der Waals surface area contributed by atoms with Crippen LogP contribution in [0.2, 0.25) is 0 Å². The van der Waals surface area contributed by atoms with Crippen LogP contribution in [0, 0.1) is 11.3 Å². The van der Waals surface area contributed by atoms with Gasteiger partial charge < -0.3 is 14.6 Å². The van der Waals surface area contributed by atoms with Crippen LogP contribution in [0.25, 0.3) is 6.08 Å². The van der Waals surface area contributed by atoms with Crippen LogP contribution in [0.1, 0.15) is 18.9 Å². The summed E-state index contributed by atoms with van der Waals surface area (Å²) in [7, 11) is 0. The van der Waals surface area contributed by atoms with Crippen molar-refractivity contribution >= 4 is 18.0 Å². The second-order valence-corrected chi connectivity index (χ2v) is 4.67. The number of rotatable bonds is 7. The molecular formula is C17H17NO5. The van der Waals surface area contributed by atoms with Crippen molar-refractivity contribution in [3.05, 3.63) is 47.6 Å². The molecule has 0 aliphatic carbocycles. The molecule has 1 aromatic carbocycles. The van der Waals surface area contributed by atoms with Gasteiger partial charge in [-0.1, -0.05) is 18.7 Å². The molecule has 0 saturated carbocycles. The molecule has 23 heavy (non-hydrogen) atoms. The highest BCUT2D eigenvalue weighted by molar-refractivity contribution is 5.97. The first-order chi connectivity index (χ1) is 10.9. The van der Waals surface area contributed by atoms with Crippen LogP contribution in [0.5, 0.6) is 5.75 Å².